The maximum atomic E-state index is 13.3. The molecule has 1 fully saturated rings. The van der Waals surface area contributed by atoms with Gasteiger partial charge in [-0.3, -0.25) is 15.0 Å². The van der Waals surface area contributed by atoms with Gasteiger partial charge in [-0.1, -0.05) is 6.07 Å². The number of nitrogens with one attached hydrogen (secondary N) is 3. The first-order chi connectivity index (χ1) is 8.56. The largest absolute Gasteiger partial charge is 0.325 e. The fourth-order valence-electron chi connectivity index (χ4n) is 1.67. The fraction of sp³-hybridized carbons (Fsp3) is 0.333. The van der Waals surface area contributed by atoms with Gasteiger partial charge in [0.2, 0.25) is 11.8 Å². The minimum Gasteiger partial charge on any atom is -0.325 e. The molecule has 0 radical (unpaired) electrons. The number of carbonyl (C=O) groups is 2. The Hall–Kier alpha value is -1.95. The lowest BCUT2D eigenvalue weighted by Gasteiger charge is -2.22. The molecular weight excluding hydrogens is 237 g/mol. The fourth-order valence-corrected chi connectivity index (χ4v) is 1.67. The Balaban J connectivity index is 1.98. The van der Waals surface area contributed by atoms with Crippen LogP contribution in [0.4, 0.5) is 10.1 Å². The molecular formula is C12H14FN3O2. The lowest BCUT2D eigenvalue weighted by Crippen LogP contribution is -2.54. The number of hydrazine groups is 1. The van der Waals surface area contributed by atoms with Gasteiger partial charge in [0.25, 0.3) is 0 Å². The number of hydrogen-bond acceptors (Lipinski definition) is 3. The Morgan fingerprint density at radius 3 is 2.89 bits per heavy atom. The standard InChI is InChI=1S/C12H14FN3O2/c1-7-2-3-8(6-9(7)13)14-12(18)10-4-5-11(17)16-15-10/h2-3,6,10,15H,4-5H2,1H3,(H,14,18)(H,16,17). The SMILES string of the molecule is Cc1ccc(NC(=O)C2CCC(=O)NN2)cc1F. The molecule has 5 nitrogen and oxygen atoms in total. The van der Waals surface area contributed by atoms with Crippen LogP contribution in [0.15, 0.2) is 18.2 Å². The van der Waals surface area contributed by atoms with E-state index in [2.05, 4.69) is 16.2 Å². The molecule has 1 unspecified atom stereocenters. The molecule has 1 atom stereocenters. The van der Waals surface area contributed by atoms with Gasteiger partial charge >= 0.3 is 0 Å². The van der Waals surface area contributed by atoms with Gasteiger partial charge < -0.3 is 5.32 Å². The van der Waals surface area contributed by atoms with Gasteiger partial charge in [-0.05, 0) is 31.0 Å². The average molecular weight is 251 g/mol. The maximum Gasteiger partial charge on any atom is 0.243 e. The van der Waals surface area contributed by atoms with Crippen molar-refractivity contribution in [1.29, 1.82) is 0 Å². The predicted octanol–water partition coefficient (Wildman–Crippen LogP) is 0.856. The zero-order valence-electron chi connectivity index (χ0n) is 9.92. The number of aryl methyl sites for hydroxylation is 1. The van der Waals surface area contributed by atoms with E-state index in [0.717, 1.165) is 0 Å². The Morgan fingerprint density at radius 2 is 2.28 bits per heavy atom. The number of hydrogen-bond donors (Lipinski definition) is 3. The molecule has 3 N–H and O–H groups in total. The topological polar surface area (TPSA) is 70.2 Å². The molecule has 2 amide bonds. The van der Waals surface area contributed by atoms with Gasteiger partial charge in [0, 0.05) is 12.1 Å². The van der Waals surface area contributed by atoms with Crippen LogP contribution in [0.3, 0.4) is 0 Å². The Labute approximate surface area is 104 Å². The molecule has 0 aromatic heterocycles. The summed E-state index contributed by atoms with van der Waals surface area (Å²) in [7, 11) is 0. The monoisotopic (exact) mass is 251 g/mol. The van der Waals surface area contributed by atoms with E-state index in [0.29, 0.717) is 24.1 Å². The van der Waals surface area contributed by atoms with Crippen LogP contribution in [0, 0.1) is 12.7 Å². The molecule has 1 saturated heterocycles. The van der Waals surface area contributed by atoms with Crippen molar-refractivity contribution >= 4 is 17.5 Å². The molecule has 18 heavy (non-hydrogen) atoms. The maximum absolute atomic E-state index is 13.3. The van der Waals surface area contributed by atoms with Gasteiger partial charge in [0.15, 0.2) is 0 Å². The minimum absolute atomic E-state index is 0.138. The Morgan fingerprint density at radius 1 is 1.50 bits per heavy atom. The summed E-state index contributed by atoms with van der Waals surface area (Å²) in [6.45, 7) is 1.65. The summed E-state index contributed by atoms with van der Waals surface area (Å²) in [5.74, 6) is -0.795. The summed E-state index contributed by atoms with van der Waals surface area (Å²) in [4.78, 5) is 22.7. The third-order valence-electron chi connectivity index (χ3n) is 2.80. The number of benzene rings is 1. The smallest absolute Gasteiger partial charge is 0.243 e. The van der Waals surface area contributed by atoms with E-state index in [1.165, 1.54) is 6.07 Å². The highest BCUT2D eigenvalue weighted by atomic mass is 19.1. The Bertz CT molecular complexity index is 480. The molecule has 0 aliphatic carbocycles. The average Bonchev–Trinajstić information content (AvgIpc) is 2.34. The predicted molar refractivity (Wildman–Crippen MR) is 64.1 cm³/mol. The minimum atomic E-state index is -0.493. The van der Waals surface area contributed by atoms with Gasteiger partial charge in [0.05, 0.1) is 0 Å². The molecule has 96 valence electrons. The molecule has 1 aliphatic rings. The van der Waals surface area contributed by atoms with Crippen LogP contribution in [0.25, 0.3) is 0 Å². The molecule has 0 spiro atoms. The zero-order valence-corrected chi connectivity index (χ0v) is 9.92. The number of rotatable bonds is 2. The van der Waals surface area contributed by atoms with Crippen molar-refractivity contribution in [3.05, 3.63) is 29.6 Å². The van der Waals surface area contributed by atoms with Gasteiger partial charge in [-0.2, -0.15) is 0 Å². The quantitative estimate of drug-likeness (QED) is 0.730. The summed E-state index contributed by atoms with van der Waals surface area (Å²) >= 11 is 0. The molecule has 1 aromatic rings. The van der Waals surface area contributed by atoms with E-state index in [9.17, 15) is 14.0 Å². The molecule has 2 rings (SSSR count). The van der Waals surface area contributed by atoms with E-state index < -0.39 is 6.04 Å². The first-order valence-electron chi connectivity index (χ1n) is 5.67. The second kappa shape index (κ2) is 5.14. The Kier molecular flexibility index (Phi) is 3.57. The van der Waals surface area contributed by atoms with Crippen molar-refractivity contribution in [3.63, 3.8) is 0 Å². The third kappa shape index (κ3) is 2.84. The second-order valence-corrected chi connectivity index (χ2v) is 4.24. The van der Waals surface area contributed by atoms with Crippen molar-refractivity contribution in [2.75, 3.05) is 5.32 Å². The summed E-state index contributed by atoms with van der Waals surface area (Å²) in [5.41, 5.74) is 5.93. The molecule has 6 heteroatoms. The van der Waals surface area contributed by atoms with Crippen molar-refractivity contribution in [3.8, 4) is 0 Å². The van der Waals surface area contributed by atoms with Crippen molar-refractivity contribution in [2.45, 2.75) is 25.8 Å². The molecule has 0 saturated carbocycles. The van der Waals surface area contributed by atoms with Crippen LogP contribution in [0.1, 0.15) is 18.4 Å². The van der Waals surface area contributed by atoms with Crippen LogP contribution in [0.5, 0.6) is 0 Å². The van der Waals surface area contributed by atoms with Crippen LogP contribution < -0.4 is 16.2 Å². The van der Waals surface area contributed by atoms with Gasteiger partial charge in [0.1, 0.15) is 11.9 Å². The van der Waals surface area contributed by atoms with Crippen LogP contribution >= 0.6 is 0 Å². The van der Waals surface area contributed by atoms with Crippen molar-refractivity contribution in [2.24, 2.45) is 0 Å². The van der Waals surface area contributed by atoms with Gasteiger partial charge in [-0.15, -0.1) is 0 Å². The summed E-state index contributed by atoms with van der Waals surface area (Å²) in [5, 5.41) is 2.60. The van der Waals surface area contributed by atoms with E-state index >= 15 is 0 Å². The molecule has 1 heterocycles. The number of anilines is 1. The lowest BCUT2D eigenvalue weighted by molar-refractivity contribution is -0.126. The lowest BCUT2D eigenvalue weighted by atomic mass is 10.1. The van der Waals surface area contributed by atoms with E-state index in [1.807, 2.05) is 0 Å². The van der Waals surface area contributed by atoms with E-state index in [4.69, 9.17) is 0 Å². The number of carbonyl (C=O) groups excluding carboxylic acids is 2. The van der Waals surface area contributed by atoms with Crippen molar-refractivity contribution < 1.29 is 14.0 Å². The first-order valence-corrected chi connectivity index (χ1v) is 5.67. The second-order valence-electron chi connectivity index (χ2n) is 4.24. The molecule has 1 aromatic carbocycles. The third-order valence-corrected chi connectivity index (χ3v) is 2.80. The first kappa shape index (κ1) is 12.5. The highest BCUT2D eigenvalue weighted by Gasteiger charge is 2.24. The van der Waals surface area contributed by atoms with Crippen LogP contribution in [-0.4, -0.2) is 17.9 Å². The summed E-state index contributed by atoms with van der Waals surface area (Å²) in [6, 6.07) is 4.01. The highest BCUT2D eigenvalue weighted by molar-refractivity contribution is 5.95. The van der Waals surface area contributed by atoms with Crippen molar-refractivity contribution in [1.82, 2.24) is 10.9 Å². The number of halogens is 1. The van der Waals surface area contributed by atoms with Gasteiger partial charge in [-0.25, -0.2) is 9.82 Å². The molecule has 1 aliphatic heterocycles. The van der Waals surface area contributed by atoms with E-state index in [1.54, 1.807) is 19.1 Å². The van der Waals surface area contributed by atoms with E-state index in [-0.39, 0.29) is 17.6 Å². The summed E-state index contributed by atoms with van der Waals surface area (Å²) in [6.07, 6.45) is 0.722. The normalized spacial score (nSPS) is 19.2. The summed E-state index contributed by atoms with van der Waals surface area (Å²) < 4.78 is 13.3. The van der Waals surface area contributed by atoms with Crippen LogP contribution in [0.2, 0.25) is 0 Å². The number of amides is 2. The zero-order chi connectivity index (χ0) is 13.1. The van der Waals surface area contributed by atoms with Crippen LogP contribution in [-0.2, 0) is 9.59 Å². The molecule has 0 bridgehead atoms. The highest BCUT2D eigenvalue weighted by Crippen LogP contribution is 2.14.